The molecular formula is C20H17ClN4O4. The smallest absolute Gasteiger partial charge is 0.285 e. The Morgan fingerprint density at radius 2 is 1.97 bits per heavy atom. The molecular weight excluding hydrogens is 396 g/mol. The van der Waals surface area contributed by atoms with Crippen molar-refractivity contribution in [2.24, 2.45) is 0 Å². The normalized spacial score (nSPS) is 13.3. The minimum atomic E-state index is -0.515. The first kappa shape index (κ1) is 19.1. The molecule has 9 heteroatoms. The number of aromatic nitrogens is 2. The summed E-state index contributed by atoms with van der Waals surface area (Å²) in [5.41, 5.74) is 1.06. The van der Waals surface area contributed by atoms with Gasteiger partial charge in [-0.3, -0.25) is 14.9 Å². The summed E-state index contributed by atoms with van der Waals surface area (Å²) in [6.07, 6.45) is 1.67. The van der Waals surface area contributed by atoms with E-state index in [1.165, 1.54) is 6.07 Å². The zero-order valence-electron chi connectivity index (χ0n) is 15.5. The van der Waals surface area contributed by atoms with E-state index >= 15 is 0 Å². The number of carbonyl (C=O) groups is 1. The summed E-state index contributed by atoms with van der Waals surface area (Å²) in [6.45, 7) is 1.71. The second-order valence-corrected chi connectivity index (χ2v) is 7.34. The van der Waals surface area contributed by atoms with Crippen molar-refractivity contribution in [3.8, 4) is 11.5 Å². The van der Waals surface area contributed by atoms with Gasteiger partial charge in [-0.25, -0.2) is 0 Å². The fourth-order valence-electron chi connectivity index (χ4n) is 3.15. The molecule has 0 atom stereocenters. The summed E-state index contributed by atoms with van der Waals surface area (Å²) in [7, 11) is 0. The van der Waals surface area contributed by atoms with Gasteiger partial charge in [0.2, 0.25) is 11.8 Å². The predicted molar refractivity (Wildman–Crippen MR) is 105 cm³/mol. The number of rotatable bonds is 6. The van der Waals surface area contributed by atoms with E-state index in [0.29, 0.717) is 22.0 Å². The van der Waals surface area contributed by atoms with Gasteiger partial charge in [0.05, 0.1) is 11.5 Å². The number of nitro benzene ring substituents is 1. The Kier molecular flexibility index (Phi) is 5.02. The average molecular weight is 413 g/mol. The van der Waals surface area contributed by atoms with Crippen LogP contribution in [-0.4, -0.2) is 32.0 Å². The molecule has 29 heavy (non-hydrogen) atoms. The van der Waals surface area contributed by atoms with Crippen molar-refractivity contribution in [1.29, 1.82) is 0 Å². The lowest BCUT2D eigenvalue weighted by molar-refractivity contribution is -0.385. The van der Waals surface area contributed by atoms with Crippen LogP contribution in [0.1, 0.15) is 34.7 Å². The van der Waals surface area contributed by atoms with Crippen molar-refractivity contribution >= 4 is 23.2 Å². The molecule has 148 valence electrons. The molecule has 0 spiro atoms. The average Bonchev–Trinajstić information content (AvgIpc) is 3.43. The van der Waals surface area contributed by atoms with E-state index in [0.717, 1.165) is 12.8 Å². The number of nitro groups is 1. The number of hydrogen-bond acceptors (Lipinski definition) is 6. The Morgan fingerprint density at radius 3 is 2.62 bits per heavy atom. The van der Waals surface area contributed by atoms with Gasteiger partial charge in [0.1, 0.15) is 5.56 Å². The van der Waals surface area contributed by atoms with E-state index < -0.39 is 10.8 Å². The predicted octanol–water partition coefficient (Wildman–Crippen LogP) is 4.41. The summed E-state index contributed by atoms with van der Waals surface area (Å²) < 4.78 is 5.71. The Labute approximate surface area is 171 Å². The van der Waals surface area contributed by atoms with E-state index in [-0.39, 0.29) is 29.7 Å². The van der Waals surface area contributed by atoms with Gasteiger partial charge in [-0.2, -0.15) is 0 Å². The van der Waals surface area contributed by atoms with Crippen LogP contribution in [0.25, 0.3) is 11.5 Å². The molecule has 0 radical (unpaired) electrons. The Morgan fingerprint density at radius 1 is 1.24 bits per heavy atom. The standard InChI is InChI=1S/C20H17ClN4O4/c1-12-3-2-4-16(18(12)25(27)28)20(26)24(15-9-10-15)11-17-22-23-19(29-17)13-5-7-14(21)8-6-13/h2-8,15H,9-11H2,1H3. The first-order valence-corrected chi connectivity index (χ1v) is 9.45. The molecule has 1 heterocycles. The molecule has 1 aliphatic carbocycles. The van der Waals surface area contributed by atoms with Gasteiger partial charge >= 0.3 is 0 Å². The number of benzene rings is 2. The summed E-state index contributed by atoms with van der Waals surface area (Å²) in [4.78, 5) is 25.7. The van der Waals surface area contributed by atoms with Crippen molar-refractivity contribution in [3.05, 3.63) is 74.6 Å². The lowest BCUT2D eigenvalue weighted by atomic mass is 10.1. The molecule has 0 saturated heterocycles. The van der Waals surface area contributed by atoms with E-state index in [4.69, 9.17) is 16.0 Å². The van der Waals surface area contributed by atoms with Gasteiger partial charge in [-0.05, 0) is 50.1 Å². The quantitative estimate of drug-likeness (QED) is 0.439. The topological polar surface area (TPSA) is 102 Å². The fraction of sp³-hybridized carbons (Fsp3) is 0.250. The van der Waals surface area contributed by atoms with Crippen molar-refractivity contribution < 1.29 is 14.1 Å². The minimum Gasteiger partial charge on any atom is -0.419 e. The second-order valence-electron chi connectivity index (χ2n) is 6.90. The lowest BCUT2D eigenvalue weighted by Crippen LogP contribution is -2.33. The summed E-state index contributed by atoms with van der Waals surface area (Å²) >= 11 is 5.90. The van der Waals surface area contributed by atoms with E-state index in [1.807, 2.05) is 0 Å². The van der Waals surface area contributed by atoms with Crippen LogP contribution in [0.15, 0.2) is 46.9 Å². The molecule has 0 bridgehead atoms. The molecule has 1 fully saturated rings. The molecule has 4 rings (SSSR count). The molecule has 1 amide bonds. The maximum atomic E-state index is 13.1. The van der Waals surface area contributed by atoms with Gasteiger partial charge in [0.25, 0.3) is 11.6 Å². The number of halogens is 1. The number of para-hydroxylation sites is 1. The van der Waals surface area contributed by atoms with E-state index in [1.54, 1.807) is 48.2 Å². The fourth-order valence-corrected chi connectivity index (χ4v) is 3.28. The Balaban J connectivity index is 1.60. The molecule has 0 aliphatic heterocycles. The van der Waals surface area contributed by atoms with E-state index in [9.17, 15) is 14.9 Å². The zero-order valence-corrected chi connectivity index (χ0v) is 16.3. The summed E-state index contributed by atoms with van der Waals surface area (Å²) in [5, 5.41) is 20.2. The highest BCUT2D eigenvalue weighted by Gasteiger charge is 2.37. The van der Waals surface area contributed by atoms with E-state index in [2.05, 4.69) is 10.2 Å². The molecule has 8 nitrogen and oxygen atoms in total. The number of aryl methyl sites for hydroxylation is 1. The number of hydrogen-bond donors (Lipinski definition) is 0. The van der Waals surface area contributed by atoms with Crippen LogP contribution >= 0.6 is 11.6 Å². The highest BCUT2D eigenvalue weighted by atomic mass is 35.5. The molecule has 0 N–H and O–H groups in total. The third kappa shape index (κ3) is 3.97. The van der Waals surface area contributed by atoms with Crippen LogP contribution < -0.4 is 0 Å². The molecule has 1 aliphatic rings. The van der Waals surface area contributed by atoms with Crippen LogP contribution in [0.4, 0.5) is 5.69 Å². The number of carbonyl (C=O) groups excluding carboxylic acids is 1. The van der Waals surface area contributed by atoms with Crippen LogP contribution in [0, 0.1) is 17.0 Å². The second kappa shape index (κ2) is 7.63. The van der Waals surface area contributed by atoms with Crippen molar-refractivity contribution in [2.45, 2.75) is 32.4 Å². The van der Waals surface area contributed by atoms with Gasteiger partial charge in [0.15, 0.2) is 0 Å². The largest absolute Gasteiger partial charge is 0.419 e. The van der Waals surface area contributed by atoms with Gasteiger partial charge < -0.3 is 9.32 Å². The van der Waals surface area contributed by atoms with Crippen molar-refractivity contribution in [1.82, 2.24) is 15.1 Å². The van der Waals surface area contributed by atoms with Crippen LogP contribution in [0.2, 0.25) is 5.02 Å². The molecule has 2 aromatic carbocycles. The van der Waals surface area contributed by atoms with Gasteiger partial charge in [-0.1, -0.05) is 23.7 Å². The van der Waals surface area contributed by atoms with Gasteiger partial charge in [-0.15, -0.1) is 10.2 Å². The number of amides is 1. The first-order chi connectivity index (χ1) is 13.9. The third-order valence-corrected chi connectivity index (χ3v) is 5.01. The van der Waals surface area contributed by atoms with Crippen LogP contribution in [0.5, 0.6) is 0 Å². The van der Waals surface area contributed by atoms with Crippen molar-refractivity contribution in [2.75, 3.05) is 0 Å². The summed E-state index contributed by atoms with van der Waals surface area (Å²) in [6, 6.07) is 11.7. The Hall–Kier alpha value is -3.26. The molecule has 0 unspecified atom stereocenters. The third-order valence-electron chi connectivity index (χ3n) is 4.76. The Bertz CT molecular complexity index is 1080. The summed E-state index contributed by atoms with van der Waals surface area (Å²) in [5.74, 6) is 0.182. The minimum absolute atomic E-state index is 0.00787. The zero-order chi connectivity index (χ0) is 20.5. The van der Waals surface area contributed by atoms with Crippen molar-refractivity contribution in [3.63, 3.8) is 0 Å². The molecule has 1 aromatic heterocycles. The highest BCUT2D eigenvalue weighted by Crippen LogP contribution is 2.33. The SMILES string of the molecule is Cc1cccc(C(=O)N(Cc2nnc(-c3ccc(Cl)cc3)o2)C2CC2)c1[N+](=O)[O-]. The monoisotopic (exact) mass is 412 g/mol. The van der Waals surface area contributed by atoms with Gasteiger partial charge in [0, 0.05) is 22.2 Å². The maximum Gasteiger partial charge on any atom is 0.285 e. The molecule has 1 saturated carbocycles. The van der Waals surface area contributed by atoms with Crippen LogP contribution in [0.3, 0.4) is 0 Å². The lowest BCUT2D eigenvalue weighted by Gasteiger charge is -2.20. The first-order valence-electron chi connectivity index (χ1n) is 9.07. The number of nitrogens with zero attached hydrogens (tertiary/aromatic N) is 4. The molecule has 3 aromatic rings. The highest BCUT2D eigenvalue weighted by molar-refractivity contribution is 6.30. The maximum absolute atomic E-state index is 13.1. The van der Waals surface area contributed by atoms with Crippen LogP contribution in [-0.2, 0) is 6.54 Å².